The zero-order valence-electron chi connectivity index (χ0n) is 23.1. The largest absolute Gasteiger partial charge is 0.311 e. The molecule has 0 aliphatic rings. The fourth-order valence-electron chi connectivity index (χ4n) is 4.82. The number of benzene rings is 6. The highest BCUT2D eigenvalue weighted by Crippen LogP contribution is 2.35. The zero-order valence-corrected chi connectivity index (χ0v) is 23.1. The van der Waals surface area contributed by atoms with Gasteiger partial charge in [0.05, 0.1) is 12.4 Å². The van der Waals surface area contributed by atoms with Gasteiger partial charge in [-0.15, -0.1) is 0 Å². The second-order valence-electron chi connectivity index (χ2n) is 9.69. The van der Waals surface area contributed by atoms with Crippen LogP contribution in [0.2, 0.25) is 0 Å². The molecule has 0 saturated carbocycles. The molecule has 42 heavy (non-hydrogen) atoms. The SMILES string of the molecule is C(=N\N=C\c1ccc(N(c2ccccc2)c2ccccc2)cc1)/c1ccc(N(c2ccccc2)c2ccccc2)cc1. The Hall–Kier alpha value is -5.74. The maximum Gasteiger partial charge on any atom is 0.0568 e. The first-order valence-corrected chi connectivity index (χ1v) is 13.9. The lowest BCUT2D eigenvalue weighted by Crippen LogP contribution is -2.09. The van der Waals surface area contributed by atoms with Crippen LogP contribution in [0.3, 0.4) is 0 Å². The van der Waals surface area contributed by atoms with E-state index in [4.69, 9.17) is 0 Å². The van der Waals surface area contributed by atoms with Gasteiger partial charge in [-0.05, 0) is 83.9 Å². The van der Waals surface area contributed by atoms with Crippen LogP contribution in [-0.4, -0.2) is 12.4 Å². The number of hydrogen-bond acceptors (Lipinski definition) is 4. The molecule has 0 saturated heterocycles. The predicted molar refractivity (Wildman–Crippen MR) is 177 cm³/mol. The maximum absolute atomic E-state index is 4.30. The summed E-state index contributed by atoms with van der Waals surface area (Å²) in [6.07, 6.45) is 3.55. The van der Waals surface area contributed by atoms with Crippen LogP contribution < -0.4 is 9.80 Å². The molecule has 0 spiro atoms. The highest BCUT2D eigenvalue weighted by molar-refractivity contribution is 5.85. The van der Waals surface area contributed by atoms with Crippen molar-refractivity contribution in [3.8, 4) is 0 Å². The van der Waals surface area contributed by atoms with Crippen molar-refractivity contribution in [2.24, 2.45) is 10.2 Å². The first kappa shape index (κ1) is 26.5. The number of para-hydroxylation sites is 4. The van der Waals surface area contributed by atoms with Crippen LogP contribution in [0.4, 0.5) is 34.1 Å². The van der Waals surface area contributed by atoms with Crippen molar-refractivity contribution in [3.05, 3.63) is 181 Å². The van der Waals surface area contributed by atoms with Gasteiger partial charge in [0.15, 0.2) is 0 Å². The van der Waals surface area contributed by atoms with Gasteiger partial charge >= 0.3 is 0 Å². The summed E-state index contributed by atoms with van der Waals surface area (Å²) in [5.41, 5.74) is 8.55. The van der Waals surface area contributed by atoms with Crippen molar-refractivity contribution in [3.63, 3.8) is 0 Å². The van der Waals surface area contributed by atoms with E-state index in [0.29, 0.717) is 0 Å². The van der Waals surface area contributed by atoms with Crippen molar-refractivity contribution in [1.29, 1.82) is 0 Å². The molecule has 6 aromatic carbocycles. The van der Waals surface area contributed by atoms with Crippen molar-refractivity contribution < 1.29 is 0 Å². The predicted octanol–water partition coefficient (Wildman–Crippen LogP) is 10.1. The average Bonchev–Trinajstić information content (AvgIpc) is 3.07. The molecule has 0 fully saturated rings. The van der Waals surface area contributed by atoms with E-state index in [0.717, 1.165) is 45.3 Å². The van der Waals surface area contributed by atoms with Gasteiger partial charge < -0.3 is 9.80 Å². The smallest absolute Gasteiger partial charge is 0.0568 e. The first-order chi connectivity index (χ1) is 20.8. The van der Waals surface area contributed by atoms with E-state index in [9.17, 15) is 0 Å². The topological polar surface area (TPSA) is 31.2 Å². The van der Waals surface area contributed by atoms with Gasteiger partial charge in [0.2, 0.25) is 0 Å². The van der Waals surface area contributed by atoms with Crippen molar-refractivity contribution in [2.45, 2.75) is 0 Å². The Kier molecular flexibility index (Phi) is 8.24. The van der Waals surface area contributed by atoms with Gasteiger partial charge in [-0.25, -0.2) is 0 Å². The molecule has 0 unspecified atom stereocenters. The number of nitrogens with zero attached hydrogens (tertiary/aromatic N) is 4. The molecule has 0 aliphatic heterocycles. The highest BCUT2D eigenvalue weighted by atomic mass is 15.2. The summed E-state index contributed by atoms with van der Waals surface area (Å²) in [4.78, 5) is 4.47. The quantitative estimate of drug-likeness (QED) is 0.134. The van der Waals surface area contributed by atoms with E-state index in [1.54, 1.807) is 12.4 Å². The summed E-state index contributed by atoms with van der Waals surface area (Å²) < 4.78 is 0. The Bertz CT molecular complexity index is 1520. The zero-order chi connectivity index (χ0) is 28.4. The third-order valence-corrected chi connectivity index (χ3v) is 6.84. The average molecular weight is 543 g/mol. The van der Waals surface area contributed by atoms with Gasteiger partial charge in [-0.3, -0.25) is 0 Å². The van der Waals surface area contributed by atoms with Crippen LogP contribution in [0.5, 0.6) is 0 Å². The van der Waals surface area contributed by atoms with Crippen LogP contribution in [-0.2, 0) is 0 Å². The molecule has 0 aliphatic carbocycles. The molecule has 6 aromatic rings. The van der Waals surface area contributed by atoms with Gasteiger partial charge in [0, 0.05) is 34.1 Å². The Balaban J connectivity index is 1.15. The van der Waals surface area contributed by atoms with E-state index >= 15 is 0 Å². The van der Waals surface area contributed by atoms with Gasteiger partial charge in [-0.2, -0.15) is 10.2 Å². The van der Waals surface area contributed by atoms with Crippen molar-refractivity contribution in [1.82, 2.24) is 0 Å². The molecule has 0 amide bonds. The van der Waals surface area contributed by atoms with Crippen LogP contribution in [0.15, 0.2) is 180 Å². The molecule has 0 atom stereocenters. The normalized spacial score (nSPS) is 11.1. The van der Waals surface area contributed by atoms with Crippen molar-refractivity contribution >= 4 is 46.6 Å². The maximum atomic E-state index is 4.30. The molecule has 202 valence electrons. The third-order valence-electron chi connectivity index (χ3n) is 6.84. The standard InChI is InChI=1S/C38H30N4/c1-5-13-33(14-6-1)41(34-15-7-2-8-16-34)37-25-21-31(22-26-37)29-39-40-30-32-23-27-38(28-24-32)42(35-17-9-3-10-18-35)36-19-11-4-12-20-36/h1-30H/b39-29+,40-30+. The van der Waals surface area contributed by atoms with Gasteiger partial charge in [-0.1, -0.05) is 97.1 Å². The lowest BCUT2D eigenvalue weighted by molar-refractivity contribution is 1.26. The molecule has 0 aromatic heterocycles. The second kappa shape index (κ2) is 13.1. The number of rotatable bonds is 9. The minimum atomic E-state index is 0.980. The third kappa shape index (κ3) is 6.35. The minimum absolute atomic E-state index is 0.980. The lowest BCUT2D eigenvalue weighted by Gasteiger charge is -2.25. The summed E-state index contributed by atoms with van der Waals surface area (Å²) in [7, 11) is 0. The monoisotopic (exact) mass is 542 g/mol. The Morgan fingerprint density at radius 2 is 0.524 bits per heavy atom. The van der Waals surface area contributed by atoms with E-state index in [1.165, 1.54) is 0 Å². The fraction of sp³-hybridized carbons (Fsp3) is 0. The number of anilines is 6. The summed E-state index contributed by atoms with van der Waals surface area (Å²) >= 11 is 0. The van der Waals surface area contributed by atoms with Crippen LogP contribution in [0.25, 0.3) is 0 Å². The molecular weight excluding hydrogens is 512 g/mol. The Morgan fingerprint density at radius 3 is 0.786 bits per heavy atom. The van der Waals surface area contributed by atoms with E-state index in [-0.39, 0.29) is 0 Å². The van der Waals surface area contributed by atoms with E-state index < -0.39 is 0 Å². The molecular formula is C38H30N4. The van der Waals surface area contributed by atoms with Crippen LogP contribution in [0.1, 0.15) is 11.1 Å². The minimum Gasteiger partial charge on any atom is -0.311 e. The molecule has 0 heterocycles. The Labute approximate surface area is 247 Å². The van der Waals surface area contributed by atoms with Crippen LogP contribution >= 0.6 is 0 Å². The van der Waals surface area contributed by atoms with E-state index in [1.807, 2.05) is 24.3 Å². The van der Waals surface area contributed by atoms with Gasteiger partial charge in [0.1, 0.15) is 0 Å². The first-order valence-electron chi connectivity index (χ1n) is 13.9. The molecule has 4 heteroatoms. The van der Waals surface area contributed by atoms with Gasteiger partial charge in [0.25, 0.3) is 0 Å². The Morgan fingerprint density at radius 1 is 0.286 bits per heavy atom. The van der Waals surface area contributed by atoms with Crippen molar-refractivity contribution in [2.75, 3.05) is 9.80 Å². The molecule has 4 nitrogen and oxygen atoms in total. The summed E-state index contributed by atoms with van der Waals surface area (Å²) in [6.45, 7) is 0. The fourth-order valence-corrected chi connectivity index (χ4v) is 4.82. The summed E-state index contributed by atoms with van der Waals surface area (Å²) in [5.74, 6) is 0. The number of hydrogen-bond donors (Lipinski definition) is 0. The van der Waals surface area contributed by atoms with Crippen LogP contribution in [0, 0.1) is 0 Å². The molecule has 0 N–H and O–H groups in total. The molecule has 0 radical (unpaired) electrons. The highest BCUT2D eigenvalue weighted by Gasteiger charge is 2.12. The summed E-state index contributed by atoms with van der Waals surface area (Å²) in [5, 5.41) is 8.60. The summed E-state index contributed by atoms with van der Waals surface area (Å²) in [6, 6.07) is 58.2. The van der Waals surface area contributed by atoms with E-state index in [2.05, 4.69) is 166 Å². The molecule has 0 bridgehead atoms. The molecule has 6 rings (SSSR count). The lowest BCUT2D eigenvalue weighted by atomic mass is 10.1. The second-order valence-corrected chi connectivity index (χ2v) is 9.69.